The molecule has 3 N–H and O–H groups in total. The number of nitrogens with one attached hydrogen (secondary N) is 2. The highest BCUT2D eigenvalue weighted by Gasteiger charge is 2.25. The lowest BCUT2D eigenvalue weighted by atomic mass is 9.96. The van der Waals surface area contributed by atoms with Gasteiger partial charge in [-0.1, -0.05) is 25.1 Å². The average molecular weight is 501 g/mol. The number of H-pyrrole nitrogens is 2. The molecule has 192 valence electrons. The Kier molecular flexibility index (Phi) is 6.30. The molecule has 0 unspecified atom stereocenters. The molecule has 0 saturated carbocycles. The number of aromatic hydroxyl groups is 1. The number of benzene rings is 2. The zero-order chi connectivity index (χ0) is 25.5. The van der Waals surface area contributed by atoms with Gasteiger partial charge in [0.2, 0.25) is 0 Å². The second kappa shape index (κ2) is 9.76. The van der Waals surface area contributed by atoms with Gasteiger partial charge in [0.15, 0.2) is 11.6 Å². The lowest BCUT2D eigenvalue weighted by Crippen LogP contribution is -2.45. The maximum absolute atomic E-state index is 15.6. The van der Waals surface area contributed by atoms with E-state index in [-0.39, 0.29) is 17.1 Å². The summed E-state index contributed by atoms with van der Waals surface area (Å²) < 4.78 is 15.6. The fourth-order valence-electron chi connectivity index (χ4n) is 5.80. The van der Waals surface area contributed by atoms with Crippen LogP contribution in [0.3, 0.4) is 0 Å². The van der Waals surface area contributed by atoms with Gasteiger partial charge in [0, 0.05) is 30.1 Å². The second-order valence-electron chi connectivity index (χ2n) is 10.3. The van der Waals surface area contributed by atoms with Gasteiger partial charge in [-0.15, -0.1) is 0 Å². The van der Waals surface area contributed by atoms with Crippen LogP contribution in [0.5, 0.6) is 5.75 Å². The van der Waals surface area contributed by atoms with Crippen molar-refractivity contribution in [2.75, 3.05) is 33.2 Å². The minimum Gasteiger partial charge on any atom is -0.508 e. The number of phenolic OH excluding ortho intramolecular Hbond substituents is 1. The van der Waals surface area contributed by atoms with E-state index >= 15 is 4.39 Å². The summed E-state index contributed by atoms with van der Waals surface area (Å²) in [6, 6.07) is 9.39. The van der Waals surface area contributed by atoms with Crippen molar-refractivity contribution in [3.05, 3.63) is 59.7 Å². The number of halogens is 1. The molecule has 2 aromatic carbocycles. The molecule has 7 nitrogen and oxygen atoms in total. The van der Waals surface area contributed by atoms with Gasteiger partial charge in [0.05, 0.1) is 11.9 Å². The number of piperidine rings is 1. The van der Waals surface area contributed by atoms with Crippen molar-refractivity contribution in [1.82, 2.24) is 30.0 Å². The van der Waals surface area contributed by atoms with Gasteiger partial charge in [-0.25, -0.2) is 9.37 Å². The molecular weight excluding hydrogens is 467 g/mol. The fraction of sp³-hybridized carbons (Fsp3) is 0.379. The highest BCUT2D eigenvalue weighted by Crippen LogP contribution is 2.35. The van der Waals surface area contributed by atoms with E-state index in [1.807, 2.05) is 19.2 Å². The summed E-state index contributed by atoms with van der Waals surface area (Å²) in [5.74, 6) is 0.457. The van der Waals surface area contributed by atoms with Crippen LogP contribution in [0.25, 0.3) is 39.1 Å². The maximum atomic E-state index is 15.6. The van der Waals surface area contributed by atoms with Gasteiger partial charge >= 0.3 is 0 Å². The largest absolute Gasteiger partial charge is 0.508 e. The van der Waals surface area contributed by atoms with Crippen LogP contribution >= 0.6 is 0 Å². The van der Waals surface area contributed by atoms with Gasteiger partial charge in [-0.2, -0.15) is 5.10 Å². The van der Waals surface area contributed by atoms with Gasteiger partial charge in [-0.3, -0.25) is 10.00 Å². The van der Waals surface area contributed by atoms with Crippen LogP contribution in [0.1, 0.15) is 37.4 Å². The molecule has 0 atom stereocenters. The SMILES string of the molecule is CCc1cc(O)ccc1-c1ccc2c(-c3ncc(C4=CCN(C5CCN(C)CC5)CC4)[nH]3)[nH]nc2c1F. The number of phenols is 1. The van der Waals surface area contributed by atoms with Crippen LogP contribution < -0.4 is 0 Å². The first kappa shape index (κ1) is 23.9. The fourth-order valence-corrected chi connectivity index (χ4v) is 5.80. The summed E-state index contributed by atoms with van der Waals surface area (Å²) in [4.78, 5) is 13.1. The normalized spacial score (nSPS) is 18.0. The van der Waals surface area contributed by atoms with Crippen molar-refractivity contribution in [3.8, 4) is 28.4 Å². The topological polar surface area (TPSA) is 84.1 Å². The van der Waals surface area contributed by atoms with E-state index in [0.29, 0.717) is 34.9 Å². The number of hydrogen-bond donors (Lipinski definition) is 3. The van der Waals surface area contributed by atoms with Crippen LogP contribution in [-0.4, -0.2) is 74.3 Å². The molecule has 4 heterocycles. The Hall–Kier alpha value is -3.49. The minimum atomic E-state index is -0.379. The van der Waals surface area contributed by atoms with Crippen LogP contribution in [0.2, 0.25) is 0 Å². The average Bonchev–Trinajstić information content (AvgIpc) is 3.58. The van der Waals surface area contributed by atoms with E-state index in [4.69, 9.17) is 0 Å². The van der Waals surface area contributed by atoms with E-state index in [9.17, 15) is 5.11 Å². The molecule has 1 fully saturated rings. The summed E-state index contributed by atoms with van der Waals surface area (Å²) in [5, 5.41) is 17.8. The number of aryl methyl sites for hydroxylation is 1. The van der Waals surface area contributed by atoms with Gasteiger partial charge in [-0.05, 0) is 80.7 Å². The van der Waals surface area contributed by atoms with E-state index in [0.717, 1.165) is 36.3 Å². The Balaban J connectivity index is 1.24. The molecule has 2 aliphatic rings. The van der Waals surface area contributed by atoms with Crippen molar-refractivity contribution >= 4 is 16.5 Å². The first-order valence-corrected chi connectivity index (χ1v) is 13.2. The number of rotatable bonds is 5. The lowest BCUT2D eigenvalue weighted by Gasteiger charge is -2.38. The van der Waals surface area contributed by atoms with Crippen LogP contribution in [0, 0.1) is 5.82 Å². The van der Waals surface area contributed by atoms with Crippen molar-refractivity contribution < 1.29 is 9.50 Å². The van der Waals surface area contributed by atoms with Gasteiger partial charge in [0.25, 0.3) is 0 Å². The smallest absolute Gasteiger partial charge is 0.159 e. The Labute approximate surface area is 216 Å². The van der Waals surface area contributed by atoms with Crippen molar-refractivity contribution in [3.63, 3.8) is 0 Å². The Morgan fingerprint density at radius 2 is 1.92 bits per heavy atom. The molecule has 0 spiro atoms. The Morgan fingerprint density at radius 3 is 2.68 bits per heavy atom. The van der Waals surface area contributed by atoms with Gasteiger partial charge in [0.1, 0.15) is 17.0 Å². The number of likely N-dealkylation sites (tertiary alicyclic amines) is 1. The van der Waals surface area contributed by atoms with Crippen LogP contribution in [0.4, 0.5) is 4.39 Å². The Morgan fingerprint density at radius 1 is 1.11 bits per heavy atom. The zero-order valence-corrected chi connectivity index (χ0v) is 21.4. The standard InChI is InChI=1S/C29H33FN6O/c1-3-18-16-21(37)4-5-22(18)23-6-7-24-27(26(23)30)33-34-28(24)29-31-17-25(32-29)19-8-14-36(15-9-19)20-10-12-35(2)13-11-20/h4-8,16-17,20,37H,3,9-15H2,1-2H3,(H,31,32)(H,33,34). The van der Waals surface area contributed by atoms with Crippen molar-refractivity contribution in [1.29, 1.82) is 0 Å². The van der Waals surface area contributed by atoms with Crippen LogP contribution in [0.15, 0.2) is 42.6 Å². The summed E-state index contributed by atoms with van der Waals surface area (Å²) in [7, 11) is 2.20. The highest BCUT2D eigenvalue weighted by molar-refractivity contribution is 5.94. The van der Waals surface area contributed by atoms with E-state index in [1.165, 1.54) is 31.5 Å². The molecule has 2 aliphatic heterocycles. The molecule has 2 aromatic heterocycles. The molecule has 4 aromatic rings. The molecular formula is C29H33FN6O. The molecule has 8 heteroatoms. The molecule has 6 rings (SSSR count). The van der Waals surface area contributed by atoms with Crippen molar-refractivity contribution in [2.45, 2.75) is 38.6 Å². The predicted octanol–water partition coefficient (Wildman–Crippen LogP) is 5.21. The summed E-state index contributed by atoms with van der Waals surface area (Å²) in [6.45, 7) is 6.37. The zero-order valence-electron chi connectivity index (χ0n) is 21.4. The lowest BCUT2D eigenvalue weighted by molar-refractivity contribution is 0.131. The predicted molar refractivity (Wildman–Crippen MR) is 145 cm³/mol. The maximum Gasteiger partial charge on any atom is 0.159 e. The number of nitrogens with zero attached hydrogens (tertiary/aromatic N) is 4. The van der Waals surface area contributed by atoms with E-state index < -0.39 is 0 Å². The summed E-state index contributed by atoms with van der Waals surface area (Å²) in [5.41, 5.74) is 5.38. The quantitative estimate of drug-likeness (QED) is 0.350. The molecule has 0 bridgehead atoms. The van der Waals surface area contributed by atoms with Crippen LogP contribution in [-0.2, 0) is 6.42 Å². The third-order valence-corrected chi connectivity index (χ3v) is 8.03. The minimum absolute atomic E-state index is 0.181. The first-order chi connectivity index (χ1) is 18.0. The molecule has 1 saturated heterocycles. The third-order valence-electron chi connectivity index (χ3n) is 8.03. The Bertz CT molecular complexity index is 1460. The third kappa shape index (κ3) is 4.45. The van der Waals surface area contributed by atoms with E-state index in [1.54, 1.807) is 24.3 Å². The monoisotopic (exact) mass is 500 g/mol. The molecule has 37 heavy (non-hydrogen) atoms. The summed E-state index contributed by atoms with van der Waals surface area (Å²) >= 11 is 0. The second-order valence-corrected chi connectivity index (χ2v) is 10.3. The number of aromatic nitrogens is 4. The highest BCUT2D eigenvalue weighted by atomic mass is 19.1. The van der Waals surface area contributed by atoms with Crippen molar-refractivity contribution in [2.24, 2.45) is 0 Å². The summed E-state index contributed by atoms with van der Waals surface area (Å²) in [6.07, 6.45) is 8.35. The molecule has 0 aliphatic carbocycles. The number of hydrogen-bond acceptors (Lipinski definition) is 5. The molecule has 0 amide bonds. The number of aromatic amines is 2. The molecule has 0 radical (unpaired) electrons. The van der Waals surface area contributed by atoms with Gasteiger partial charge < -0.3 is 15.0 Å². The number of fused-ring (bicyclic) bond motifs is 1. The van der Waals surface area contributed by atoms with E-state index in [2.05, 4.69) is 43.1 Å². The first-order valence-electron chi connectivity index (χ1n) is 13.2. The number of imidazole rings is 1.